The molecule has 0 aliphatic carbocycles. The second-order valence-corrected chi connectivity index (χ2v) is 4.84. The van der Waals surface area contributed by atoms with Crippen molar-refractivity contribution in [1.29, 1.82) is 0 Å². The summed E-state index contributed by atoms with van der Waals surface area (Å²) in [4.78, 5) is 22.1. The molecule has 0 bridgehead atoms. The monoisotopic (exact) mass is 313 g/mol. The molecular weight excluding hydrogens is 298 g/mol. The third-order valence-corrected chi connectivity index (χ3v) is 3.62. The summed E-state index contributed by atoms with van der Waals surface area (Å²) in [6, 6.07) is -0.223. The van der Waals surface area contributed by atoms with Crippen LogP contribution in [0.4, 0.5) is 11.6 Å². The minimum atomic E-state index is -0.223. The van der Waals surface area contributed by atoms with Crippen molar-refractivity contribution in [2.45, 2.75) is 19.9 Å². The average molecular weight is 314 g/mol. The van der Waals surface area contributed by atoms with Gasteiger partial charge >= 0.3 is 0 Å². The Balaban J connectivity index is 2.32. The topological polar surface area (TPSA) is 70.2 Å². The van der Waals surface area contributed by atoms with Gasteiger partial charge in [-0.3, -0.25) is 4.79 Å². The van der Waals surface area contributed by atoms with E-state index in [0.717, 1.165) is 29.2 Å². The van der Waals surface area contributed by atoms with Crippen LogP contribution in [-0.2, 0) is 4.79 Å². The lowest BCUT2D eigenvalue weighted by molar-refractivity contribution is -0.122. The second kappa shape index (κ2) is 5.51. The molecule has 1 unspecified atom stereocenters. The van der Waals surface area contributed by atoms with Crippen molar-refractivity contribution in [1.82, 2.24) is 15.3 Å². The molecule has 1 aromatic rings. The maximum absolute atomic E-state index is 11.7. The maximum atomic E-state index is 11.7. The molecule has 6 nitrogen and oxygen atoms in total. The van der Waals surface area contributed by atoms with E-state index in [0.29, 0.717) is 6.54 Å². The Morgan fingerprint density at radius 2 is 2.39 bits per heavy atom. The van der Waals surface area contributed by atoms with Gasteiger partial charge in [-0.2, -0.15) is 0 Å². The van der Waals surface area contributed by atoms with Crippen molar-refractivity contribution < 1.29 is 4.79 Å². The van der Waals surface area contributed by atoms with Gasteiger partial charge in [0.2, 0.25) is 5.91 Å². The summed E-state index contributed by atoms with van der Waals surface area (Å²) in [5.74, 6) is 1.53. The third-order valence-electron chi connectivity index (χ3n) is 2.89. The van der Waals surface area contributed by atoms with Gasteiger partial charge in [-0.1, -0.05) is 0 Å². The highest BCUT2D eigenvalue weighted by Gasteiger charge is 2.28. The van der Waals surface area contributed by atoms with E-state index in [1.54, 1.807) is 0 Å². The van der Waals surface area contributed by atoms with Gasteiger partial charge in [0.1, 0.15) is 28.5 Å². The molecular formula is C11H16BrN5O. The number of carbonyl (C=O) groups is 1. The zero-order valence-electron chi connectivity index (χ0n) is 10.4. The van der Waals surface area contributed by atoms with Crippen LogP contribution in [0, 0.1) is 0 Å². The summed E-state index contributed by atoms with van der Waals surface area (Å²) in [5.41, 5.74) is 0. The molecule has 1 aliphatic heterocycles. The maximum Gasteiger partial charge on any atom is 0.242 e. The van der Waals surface area contributed by atoms with Gasteiger partial charge < -0.3 is 15.5 Å². The highest BCUT2D eigenvalue weighted by Crippen LogP contribution is 2.30. The zero-order chi connectivity index (χ0) is 13.1. The average Bonchev–Trinajstić information content (AvgIpc) is 2.36. The lowest BCUT2D eigenvalue weighted by atomic mass is 10.2. The normalized spacial score (nSPS) is 19.6. The van der Waals surface area contributed by atoms with Crippen molar-refractivity contribution in [3.8, 4) is 0 Å². The van der Waals surface area contributed by atoms with E-state index < -0.39 is 0 Å². The molecule has 0 aromatic carbocycles. The van der Waals surface area contributed by atoms with Gasteiger partial charge in [-0.15, -0.1) is 0 Å². The number of nitrogens with one attached hydrogen (secondary N) is 2. The highest BCUT2D eigenvalue weighted by atomic mass is 79.9. The minimum absolute atomic E-state index is 0.0248. The molecule has 2 rings (SSSR count). The van der Waals surface area contributed by atoms with Crippen LogP contribution in [-0.4, -0.2) is 41.6 Å². The SMILES string of the molecule is CCNc1ncnc(N2CCNC(=O)C2C)c1Br. The minimum Gasteiger partial charge on any atom is -0.369 e. The molecule has 1 aliphatic rings. The molecule has 98 valence electrons. The van der Waals surface area contributed by atoms with E-state index in [1.807, 2.05) is 18.7 Å². The Morgan fingerprint density at radius 3 is 3.11 bits per heavy atom. The van der Waals surface area contributed by atoms with Crippen LogP contribution in [0.25, 0.3) is 0 Å². The first-order valence-electron chi connectivity index (χ1n) is 5.93. The number of amides is 1. The summed E-state index contributed by atoms with van der Waals surface area (Å²) in [6.07, 6.45) is 1.51. The molecule has 7 heteroatoms. The van der Waals surface area contributed by atoms with Gasteiger partial charge in [-0.25, -0.2) is 9.97 Å². The van der Waals surface area contributed by atoms with Gasteiger partial charge in [0.25, 0.3) is 0 Å². The van der Waals surface area contributed by atoms with Crippen molar-refractivity contribution in [2.75, 3.05) is 29.9 Å². The molecule has 2 heterocycles. The fraction of sp³-hybridized carbons (Fsp3) is 0.545. The molecule has 2 N–H and O–H groups in total. The molecule has 1 atom stereocenters. The Morgan fingerprint density at radius 1 is 1.61 bits per heavy atom. The van der Waals surface area contributed by atoms with Crippen molar-refractivity contribution in [2.24, 2.45) is 0 Å². The summed E-state index contributed by atoms with van der Waals surface area (Å²) in [5, 5.41) is 5.99. The number of halogens is 1. The van der Waals surface area contributed by atoms with E-state index in [4.69, 9.17) is 0 Å². The first kappa shape index (κ1) is 13.1. The predicted molar refractivity (Wildman–Crippen MR) is 73.7 cm³/mol. The second-order valence-electron chi connectivity index (χ2n) is 4.05. The number of rotatable bonds is 3. The van der Waals surface area contributed by atoms with E-state index in [-0.39, 0.29) is 11.9 Å². The van der Waals surface area contributed by atoms with E-state index in [9.17, 15) is 4.79 Å². The number of hydrogen-bond donors (Lipinski definition) is 2. The molecule has 0 radical (unpaired) electrons. The lowest BCUT2D eigenvalue weighted by Gasteiger charge is -2.34. The highest BCUT2D eigenvalue weighted by molar-refractivity contribution is 9.10. The van der Waals surface area contributed by atoms with Crippen LogP contribution in [0.2, 0.25) is 0 Å². The number of piperazine rings is 1. The van der Waals surface area contributed by atoms with Crippen molar-refractivity contribution in [3.63, 3.8) is 0 Å². The molecule has 1 saturated heterocycles. The standard InChI is InChI=1S/C11H16BrN5O/c1-3-13-9-8(12)10(16-6-15-9)17-5-4-14-11(18)7(17)2/h6-7H,3-5H2,1-2H3,(H,14,18)(H,13,15,16). The predicted octanol–water partition coefficient (Wildman–Crippen LogP) is 0.996. The molecule has 1 amide bonds. The summed E-state index contributed by atoms with van der Waals surface area (Å²) in [7, 11) is 0. The van der Waals surface area contributed by atoms with Crippen LogP contribution in [0.1, 0.15) is 13.8 Å². The van der Waals surface area contributed by atoms with Crippen LogP contribution >= 0.6 is 15.9 Å². The van der Waals surface area contributed by atoms with Crippen LogP contribution in [0.15, 0.2) is 10.8 Å². The number of hydrogen-bond acceptors (Lipinski definition) is 5. The molecule has 1 aromatic heterocycles. The van der Waals surface area contributed by atoms with Crippen LogP contribution in [0.5, 0.6) is 0 Å². The first-order chi connectivity index (χ1) is 8.65. The molecule has 1 fully saturated rings. The summed E-state index contributed by atoms with van der Waals surface area (Å²) in [6.45, 7) is 6.04. The summed E-state index contributed by atoms with van der Waals surface area (Å²) < 4.78 is 0.799. The van der Waals surface area contributed by atoms with Gasteiger partial charge in [-0.05, 0) is 29.8 Å². The Bertz CT molecular complexity index is 453. The molecule has 0 spiro atoms. The van der Waals surface area contributed by atoms with Gasteiger partial charge in [0.15, 0.2) is 0 Å². The van der Waals surface area contributed by atoms with Crippen LogP contribution in [0.3, 0.4) is 0 Å². The largest absolute Gasteiger partial charge is 0.369 e. The Labute approximate surface area is 114 Å². The molecule has 0 saturated carbocycles. The van der Waals surface area contributed by atoms with Gasteiger partial charge in [0.05, 0.1) is 0 Å². The molecule has 18 heavy (non-hydrogen) atoms. The van der Waals surface area contributed by atoms with Gasteiger partial charge in [0, 0.05) is 19.6 Å². The lowest BCUT2D eigenvalue weighted by Crippen LogP contribution is -2.54. The number of anilines is 2. The fourth-order valence-electron chi connectivity index (χ4n) is 1.92. The third kappa shape index (κ3) is 2.40. The number of carbonyl (C=O) groups excluding carboxylic acids is 1. The van der Waals surface area contributed by atoms with E-state index >= 15 is 0 Å². The number of nitrogens with zero attached hydrogens (tertiary/aromatic N) is 3. The van der Waals surface area contributed by atoms with Crippen molar-refractivity contribution >= 4 is 33.5 Å². The van der Waals surface area contributed by atoms with E-state index in [1.165, 1.54) is 6.33 Å². The van der Waals surface area contributed by atoms with E-state index in [2.05, 4.69) is 36.5 Å². The van der Waals surface area contributed by atoms with Crippen molar-refractivity contribution in [3.05, 3.63) is 10.8 Å². The number of aromatic nitrogens is 2. The summed E-state index contributed by atoms with van der Waals surface area (Å²) >= 11 is 3.50. The van der Waals surface area contributed by atoms with Crippen LogP contribution < -0.4 is 15.5 Å². The zero-order valence-corrected chi connectivity index (χ0v) is 12.0. The first-order valence-corrected chi connectivity index (χ1v) is 6.73. The smallest absolute Gasteiger partial charge is 0.242 e. The Hall–Kier alpha value is -1.37. The Kier molecular flexibility index (Phi) is 4.00. The quantitative estimate of drug-likeness (QED) is 0.871. The fourth-order valence-corrected chi connectivity index (χ4v) is 2.50.